The summed E-state index contributed by atoms with van der Waals surface area (Å²) in [5.41, 5.74) is 5.09. The largest absolute Gasteiger partial charge is 0.507 e. The molecule has 3 aromatic heterocycles. The van der Waals surface area contributed by atoms with E-state index in [0.29, 0.717) is 59.2 Å². The van der Waals surface area contributed by atoms with Gasteiger partial charge in [0.25, 0.3) is 0 Å². The fraction of sp³-hybridized carbons (Fsp3) is 0.200. The highest BCUT2D eigenvalue weighted by Gasteiger charge is 2.25. The van der Waals surface area contributed by atoms with E-state index in [0.717, 1.165) is 38.6 Å². The van der Waals surface area contributed by atoms with Gasteiger partial charge < -0.3 is 29.4 Å². The quantitative estimate of drug-likeness (QED) is 0.0853. The maximum absolute atomic E-state index is 13.3. The molecule has 0 radical (unpaired) electrons. The van der Waals surface area contributed by atoms with Crippen LogP contribution in [0.5, 0.6) is 17.2 Å². The maximum atomic E-state index is 13.3. The maximum Gasteiger partial charge on any atom is 0.355 e. The van der Waals surface area contributed by atoms with Gasteiger partial charge in [-0.05, 0) is 48.9 Å². The smallest absolute Gasteiger partial charge is 0.355 e. The van der Waals surface area contributed by atoms with E-state index >= 15 is 0 Å². The number of aromatic hydroxyl groups is 1. The number of aromatic nitrogens is 5. The van der Waals surface area contributed by atoms with Crippen LogP contribution >= 0.6 is 0 Å². The lowest BCUT2D eigenvalue weighted by Gasteiger charge is -2.10. The van der Waals surface area contributed by atoms with E-state index in [4.69, 9.17) is 19.3 Å². The van der Waals surface area contributed by atoms with Crippen molar-refractivity contribution in [3.63, 3.8) is 0 Å². The molecule has 11 nitrogen and oxygen atoms in total. The Balaban J connectivity index is 1.17. The van der Waals surface area contributed by atoms with Crippen molar-refractivity contribution in [3.8, 4) is 39.8 Å². The number of benzene rings is 4. The predicted molar refractivity (Wildman–Crippen MR) is 194 cm³/mol. The van der Waals surface area contributed by atoms with E-state index < -0.39 is 5.97 Å². The monoisotopic (exact) mass is 683 g/mol. The molecule has 4 aromatic carbocycles. The Bertz CT molecular complexity index is 2320. The van der Waals surface area contributed by atoms with Crippen molar-refractivity contribution in [2.75, 3.05) is 13.2 Å². The van der Waals surface area contributed by atoms with Crippen LogP contribution in [0.2, 0.25) is 0 Å². The summed E-state index contributed by atoms with van der Waals surface area (Å²) in [6.45, 7) is 2.27. The Morgan fingerprint density at radius 3 is 2.41 bits per heavy atom. The topological polar surface area (TPSA) is 145 Å². The molecule has 0 saturated carbocycles. The number of para-hydroxylation sites is 2. The Morgan fingerprint density at radius 1 is 0.882 bits per heavy atom. The number of aromatic amines is 1. The van der Waals surface area contributed by atoms with Gasteiger partial charge in [0.05, 0.1) is 49.0 Å². The number of phenols is 1. The Hall–Kier alpha value is -6.20. The fourth-order valence-electron chi connectivity index (χ4n) is 6.43. The third-order valence-electron chi connectivity index (χ3n) is 8.81. The number of esters is 1. The molecule has 11 heteroatoms. The molecule has 0 spiro atoms. The molecule has 0 aliphatic carbocycles. The molecule has 7 rings (SSSR count). The second-order valence-electron chi connectivity index (χ2n) is 12.0. The van der Waals surface area contributed by atoms with Gasteiger partial charge in [-0.3, -0.25) is 4.68 Å². The van der Waals surface area contributed by atoms with Crippen molar-refractivity contribution in [3.05, 3.63) is 120 Å². The number of aliphatic hydroxyl groups excluding tert-OH is 1. The number of carbonyl (C=O) groups excluding carboxylic acids is 1. The van der Waals surface area contributed by atoms with Gasteiger partial charge in [0.15, 0.2) is 11.6 Å². The Labute approximate surface area is 294 Å². The summed E-state index contributed by atoms with van der Waals surface area (Å²) in [5.74, 6) is 1.25. The number of H-pyrrole nitrogens is 1. The SMILES string of the molecule is CCOC(=O)c1[nH]c2c(-c3c(COc4cnc(-c5ccccc5O)nc4)nn(C)c3CO)cccc2c1CCCOc1cccc2ccccc12. The number of hydrogen-bond donors (Lipinski definition) is 3. The second kappa shape index (κ2) is 14.7. The lowest BCUT2D eigenvalue weighted by Crippen LogP contribution is -2.09. The summed E-state index contributed by atoms with van der Waals surface area (Å²) in [4.78, 5) is 25.4. The number of aliphatic hydroxyl groups is 1. The molecule has 0 bridgehead atoms. The molecule has 51 heavy (non-hydrogen) atoms. The first kappa shape index (κ1) is 33.3. The van der Waals surface area contributed by atoms with Gasteiger partial charge in [0, 0.05) is 28.9 Å². The first-order valence-corrected chi connectivity index (χ1v) is 16.8. The highest BCUT2D eigenvalue weighted by molar-refractivity contribution is 6.04. The van der Waals surface area contributed by atoms with Crippen LogP contribution in [0.3, 0.4) is 0 Å². The molecule has 0 atom stereocenters. The zero-order valence-corrected chi connectivity index (χ0v) is 28.3. The summed E-state index contributed by atoms with van der Waals surface area (Å²) in [6, 6.07) is 26.8. The third kappa shape index (κ3) is 6.71. The van der Waals surface area contributed by atoms with E-state index in [2.05, 4.69) is 27.1 Å². The number of aryl methyl sites for hydroxylation is 2. The number of fused-ring (bicyclic) bond motifs is 2. The lowest BCUT2D eigenvalue weighted by atomic mass is 9.98. The van der Waals surface area contributed by atoms with Crippen molar-refractivity contribution in [2.24, 2.45) is 7.05 Å². The van der Waals surface area contributed by atoms with Crippen molar-refractivity contribution >= 4 is 27.6 Å². The highest BCUT2D eigenvalue weighted by atomic mass is 16.5. The van der Waals surface area contributed by atoms with Gasteiger partial charge in [-0.25, -0.2) is 14.8 Å². The van der Waals surface area contributed by atoms with Gasteiger partial charge >= 0.3 is 5.97 Å². The molecule has 0 saturated heterocycles. The molecule has 0 aliphatic rings. The standard InChI is InChI=1S/C40H37N5O6/c1-3-49-40(48)38-29(17-10-20-50-35-19-8-12-25-11-4-5-13-27(25)35)28-15-9-16-31(37(28)43-38)36-32(44-45(2)33(36)23-46)24-51-26-21-41-39(42-22-26)30-14-6-7-18-34(30)47/h4-9,11-16,18-19,21-22,43,46-47H,3,10,17,20,23-24H2,1-2H3. The van der Waals surface area contributed by atoms with Gasteiger partial charge in [0.1, 0.15) is 29.5 Å². The van der Waals surface area contributed by atoms with Crippen LogP contribution in [0.25, 0.3) is 44.2 Å². The van der Waals surface area contributed by atoms with E-state index in [1.54, 1.807) is 42.9 Å². The van der Waals surface area contributed by atoms with Crippen molar-refractivity contribution in [2.45, 2.75) is 33.0 Å². The van der Waals surface area contributed by atoms with Crippen LogP contribution in [0.4, 0.5) is 0 Å². The molecule has 0 unspecified atom stereocenters. The molecular formula is C40H37N5O6. The van der Waals surface area contributed by atoms with Crippen LogP contribution < -0.4 is 9.47 Å². The Morgan fingerprint density at radius 2 is 1.61 bits per heavy atom. The minimum Gasteiger partial charge on any atom is -0.507 e. The summed E-state index contributed by atoms with van der Waals surface area (Å²) >= 11 is 0. The van der Waals surface area contributed by atoms with E-state index in [-0.39, 0.29) is 25.6 Å². The zero-order chi connectivity index (χ0) is 35.3. The van der Waals surface area contributed by atoms with E-state index in [1.807, 2.05) is 48.5 Å². The number of nitrogens with one attached hydrogen (secondary N) is 1. The zero-order valence-electron chi connectivity index (χ0n) is 28.3. The van der Waals surface area contributed by atoms with Gasteiger partial charge in [-0.1, -0.05) is 66.7 Å². The number of hydrogen-bond acceptors (Lipinski definition) is 9. The van der Waals surface area contributed by atoms with Crippen molar-refractivity contribution in [1.82, 2.24) is 24.7 Å². The van der Waals surface area contributed by atoms with Crippen LogP contribution in [0, 0.1) is 0 Å². The number of nitrogens with zero attached hydrogens (tertiary/aromatic N) is 4. The van der Waals surface area contributed by atoms with Gasteiger partial charge in [-0.2, -0.15) is 5.10 Å². The number of rotatable bonds is 13. The second-order valence-corrected chi connectivity index (χ2v) is 12.0. The molecule has 3 N–H and O–H groups in total. The average molecular weight is 684 g/mol. The van der Waals surface area contributed by atoms with Crippen LogP contribution in [0.15, 0.2) is 97.3 Å². The fourth-order valence-corrected chi connectivity index (χ4v) is 6.43. The first-order chi connectivity index (χ1) is 25.0. The molecule has 0 aliphatic heterocycles. The first-order valence-electron chi connectivity index (χ1n) is 16.8. The molecular weight excluding hydrogens is 646 g/mol. The summed E-state index contributed by atoms with van der Waals surface area (Å²) in [6.07, 6.45) is 4.30. The van der Waals surface area contributed by atoms with Crippen LogP contribution in [-0.2, 0) is 31.4 Å². The molecule has 7 aromatic rings. The minimum absolute atomic E-state index is 0.0582. The van der Waals surface area contributed by atoms with Gasteiger partial charge in [-0.15, -0.1) is 0 Å². The minimum atomic E-state index is -0.436. The molecule has 0 amide bonds. The Kier molecular flexibility index (Phi) is 9.62. The summed E-state index contributed by atoms with van der Waals surface area (Å²) in [7, 11) is 1.77. The summed E-state index contributed by atoms with van der Waals surface area (Å²) < 4.78 is 19.4. The predicted octanol–water partition coefficient (Wildman–Crippen LogP) is 7.14. The number of ether oxygens (including phenoxy) is 3. The molecule has 3 heterocycles. The lowest BCUT2D eigenvalue weighted by molar-refractivity contribution is 0.0519. The van der Waals surface area contributed by atoms with Gasteiger partial charge in [0.2, 0.25) is 0 Å². The highest BCUT2D eigenvalue weighted by Crippen LogP contribution is 2.37. The van der Waals surface area contributed by atoms with Crippen LogP contribution in [-0.4, -0.2) is 54.1 Å². The van der Waals surface area contributed by atoms with Crippen LogP contribution in [0.1, 0.15) is 40.8 Å². The summed E-state index contributed by atoms with van der Waals surface area (Å²) in [5, 5.41) is 28.4. The van der Waals surface area contributed by atoms with Crippen molar-refractivity contribution < 1.29 is 29.2 Å². The molecule has 258 valence electrons. The average Bonchev–Trinajstić information content (AvgIpc) is 3.69. The number of phenolic OH excluding ortho intramolecular Hbond substituents is 1. The van der Waals surface area contributed by atoms with Crippen molar-refractivity contribution in [1.29, 1.82) is 0 Å². The van der Waals surface area contributed by atoms with E-state index in [1.165, 1.54) is 12.4 Å². The third-order valence-corrected chi connectivity index (χ3v) is 8.81. The number of carbonyl (C=O) groups is 1. The molecule has 0 fully saturated rings. The normalized spacial score (nSPS) is 11.3. The van der Waals surface area contributed by atoms with E-state index in [9.17, 15) is 15.0 Å².